The first-order valence-electron chi connectivity index (χ1n) is 4.02. The van der Waals surface area contributed by atoms with E-state index < -0.39 is 0 Å². The fourth-order valence-electron chi connectivity index (χ4n) is 1.64. The van der Waals surface area contributed by atoms with E-state index in [0.717, 1.165) is 5.54 Å². The van der Waals surface area contributed by atoms with E-state index in [9.17, 15) is 0 Å². The molecule has 0 nitrogen and oxygen atoms in total. The smallest absolute Gasteiger partial charge is 0.0252 e. The van der Waals surface area contributed by atoms with Gasteiger partial charge in [-0.05, 0) is 24.8 Å². The molecule has 1 rings (SSSR count). The molecular formula is C8H16Si. The zero-order valence-electron chi connectivity index (χ0n) is 6.32. The minimum atomic E-state index is 0.221. The van der Waals surface area contributed by atoms with Gasteiger partial charge in [-0.2, -0.15) is 0 Å². The summed E-state index contributed by atoms with van der Waals surface area (Å²) in [6.45, 7) is 6.51. The molecule has 1 aliphatic rings. The van der Waals surface area contributed by atoms with E-state index in [-0.39, 0.29) is 9.52 Å². The highest BCUT2D eigenvalue weighted by atomic mass is 28.2. The molecule has 0 heterocycles. The normalized spacial score (nSPS) is 29.9. The van der Waals surface area contributed by atoms with Crippen molar-refractivity contribution in [2.45, 2.75) is 37.8 Å². The maximum Gasteiger partial charge on any atom is 0.0252 e. The molecule has 0 aromatic heterocycles. The molecule has 0 N–H and O–H groups in total. The summed E-state index contributed by atoms with van der Waals surface area (Å²) < 4.78 is 0. The van der Waals surface area contributed by atoms with Gasteiger partial charge in [0.1, 0.15) is 0 Å². The lowest BCUT2D eigenvalue weighted by Crippen LogP contribution is -2.07. The molecule has 0 aromatic rings. The summed E-state index contributed by atoms with van der Waals surface area (Å²) in [5.41, 5.74) is 2.56. The fraction of sp³-hybridized carbons (Fsp3) is 0.750. The number of hydrogen-bond donors (Lipinski definition) is 0. The molecule has 0 spiro atoms. The lowest BCUT2D eigenvalue weighted by molar-refractivity contribution is 0.597. The quantitative estimate of drug-likeness (QED) is 0.386. The summed E-state index contributed by atoms with van der Waals surface area (Å²) in [5, 5.41) is 0. The highest BCUT2D eigenvalue weighted by Crippen LogP contribution is 2.31. The lowest BCUT2D eigenvalue weighted by Gasteiger charge is -2.22. The highest BCUT2D eigenvalue weighted by molar-refractivity contribution is 6.36. The van der Waals surface area contributed by atoms with Crippen LogP contribution in [0.25, 0.3) is 0 Å². The molecule has 0 aromatic carbocycles. The van der Waals surface area contributed by atoms with Gasteiger partial charge in [0.05, 0.1) is 0 Å². The van der Waals surface area contributed by atoms with E-state index >= 15 is 0 Å². The summed E-state index contributed by atoms with van der Waals surface area (Å²) in [6, 6.07) is 0. The first-order chi connectivity index (χ1) is 4.34. The maximum absolute atomic E-state index is 4.10. The second-order valence-corrected chi connectivity index (χ2v) is 4.81. The molecule has 1 aliphatic carbocycles. The molecule has 1 heteroatoms. The minimum absolute atomic E-state index is 0.221. The largest absolute Gasteiger partial charge is 0.0999 e. The molecule has 1 fully saturated rings. The van der Waals surface area contributed by atoms with Gasteiger partial charge in [-0.25, -0.2) is 0 Å². The van der Waals surface area contributed by atoms with Gasteiger partial charge in [0.15, 0.2) is 0 Å². The van der Waals surface area contributed by atoms with Gasteiger partial charge in [-0.15, -0.1) is 0 Å². The Balaban J connectivity index is 2.39. The van der Waals surface area contributed by atoms with Crippen LogP contribution in [0.15, 0.2) is 12.2 Å². The Labute approximate surface area is 60.2 Å². The van der Waals surface area contributed by atoms with Crippen LogP contribution in [0.1, 0.15) is 25.7 Å². The first-order valence-corrected chi connectivity index (χ1v) is 6.25. The van der Waals surface area contributed by atoms with E-state index in [1.807, 2.05) is 0 Å². The van der Waals surface area contributed by atoms with Crippen molar-refractivity contribution in [3.63, 3.8) is 0 Å². The highest BCUT2D eigenvalue weighted by Gasteiger charge is 2.14. The molecule has 1 unspecified atom stereocenters. The number of allylic oxidation sites excluding steroid dienone is 1. The molecule has 9 heavy (non-hydrogen) atoms. The van der Waals surface area contributed by atoms with Crippen LogP contribution in [0.4, 0.5) is 0 Å². The van der Waals surface area contributed by atoms with Crippen molar-refractivity contribution >= 4 is 9.52 Å². The SMILES string of the molecule is C=C1CCCCC1[SiH2]C. The van der Waals surface area contributed by atoms with Crippen molar-refractivity contribution in [2.24, 2.45) is 0 Å². The Hall–Kier alpha value is -0.0431. The number of rotatable bonds is 1. The fourth-order valence-corrected chi connectivity index (χ4v) is 3.12. The molecular weight excluding hydrogens is 124 g/mol. The van der Waals surface area contributed by atoms with E-state index in [0.29, 0.717) is 0 Å². The van der Waals surface area contributed by atoms with Crippen LogP contribution in [0.3, 0.4) is 0 Å². The van der Waals surface area contributed by atoms with Crippen LogP contribution in [0.2, 0.25) is 12.1 Å². The van der Waals surface area contributed by atoms with E-state index in [2.05, 4.69) is 13.1 Å². The van der Waals surface area contributed by atoms with Crippen LogP contribution in [0.5, 0.6) is 0 Å². The Bertz CT molecular complexity index is 107. The Kier molecular flexibility index (Phi) is 2.52. The zero-order chi connectivity index (χ0) is 6.69. The van der Waals surface area contributed by atoms with Crippen LogP contribution in [0, 0.1) is 0 Å². The van der Waals surface area contributed by atoms with Crippen LogP contribution in [-0.4, -0.2) is 9.52 Å². The molecule has 1 saturated carbocycles. The van der Waals surface area contributed by atoms with Crippen molar-refractivity contribution < 1.29 is 0 Å². The average Bonchev–Trinajstić information content (AvgIpc) is 1.89. The van der Waals surface area contributed by atoms with Crippen LogP contribution < -0.4 is 0 Å². The third-order valence-corrected chi connectivity index (χ3v) is 4.34. The third kappa shape index (κ3) is 1.68. The number of hydrogen-bond acceptors (Lipinski definition) is 0. The second-order valence-electron chi connectivity index (χ2n) is 3.01. The Morgan fingerprint density at radius 2 is 2.33 bits per heavy atom. The van der Waals surface area contributed by atoms with Crippen molar-refractivity contribution in [3.8, 4) is 0 Å². The molecule has 1 atom stereocenters. The van der Waals surface area contributed by atoms with Crippen LogP contribution >= 0.6 is 0 Å². The van der Waals surface area contributed by atoms with E-state index in [1.165, 1.54) is 25.7 Å². The topological polar surface area (TPSA) is 0 Å². The average molecular weight is 140 g/mol. The van der Waals surface area contributed by atoms with Crippen molar-refractivity contribution in [1.82, 2.24) is 0 Å². The lowest BCUT2D eigenvalue weighted by atomic mass is 9.96. The third-order valence-electron chi connectivity index (χ3n) is 2.37. The molecule has 0 radical (unpaired) electrons. The van der Waals surface area contributed by atoms with Crippen molar-refractivity contribution in [2.75, 3.05) is 0 Å². The predicted molar refractivity (Wildman–Crippen MR) is 45.8 cm³/mol. The zero-order valence-corrected chi connectivity index (χ0v) is 7.73. The summed E-state index contributed by atoms with van der Waals surface area (Å²) in [7, 11) is 0.221. The van der Waals surface area contributed by atoms with Gasteiger partial charge in [-0.1, -0.05) is 25.1 Å². The summed E-state index contributed by atoms with van der Waals surface area (Å²) in [5.74, 6) is 0. The molecule has 0 bridgehead atoms. The summed E-state index contributed by atoms with van der Waals surface area (Å²) >= 11 is 0. The van der Waals surface area contributed by atoms with Crippen molar-refractivity contribution in [3.05, 3.63) is 12.2 Å². The van der Waals surface area contributed by atoms with E-state index in [4.69, 9.17) is 0 Å². The predicted octanol–water partition coefficient (Wildman–Crippen LogP) is 2.12. The minimum Gasteiger partial charge on any atom is -0.0999 e. The van der Waals surface area contributed by atoms with Gasteiger partial charge in [0.25, 0.3) is 0 Å². The summed E-state index contributed by atoms with van der Waals surface area (Å²) in [6.07, 6.45) is 5.65. The van der Waals surface area contributed by atoms with Gasteiger partial charge in [0.2, 0.25) is 0 Å². The molecule has 52 valence electrons. The van der Waals surface area contributed by atoms with Gasteiger partial charge in [-0.3, -0.25) is 0 Å². The molecule has 0 amide bonds. The monoisotopic (exact) mass is 140 g/mol. The Morgan fingerprint density at radius 3 is 2.78 bits per heavy atom. The maximum atomic E-state index is 4.10. The van der Waals surface area contributed by atoms with Crippen LogP contribution in [-0.2, 0) is 0 Å². The molecule has 0 aliphatic heterocycles. The van der Waals surface area contributed by atoms with Gasteiger partial charge >= 0.3 is 0 Å². The second kappa shape index (κ2) is 3.21. The first kappa shape index (κ1) is 7.07. The standard InChI is InChI=1S/C8H16Si/c1-7-5-3-4-6-8(7)9-2/h8H,1,3-6,9H2,2H3. The van der Waals surface area contributed by atoms with Crippen molar-refractivity contribution in [1.29, 1.82) is 0 Å². The van der Waals surface area contributed by atoms with Gasteiger partial charge in [0, 0.05) is 9.52 Å². The van der Waals surface area contributed by atoms with E-state index in [1.54, 1.807) is 5.57 Å². The Morgan fingerprint density at radius 1 is 1.56 bits per heavy atom. The molecule has 0 saturated heterocycles. The summed E-state index contributed by atoms with van der Waals surface area (Å²) in [4.78, 5) is 0. The van der Waals surface area contributed by atoms with Gasteiger partial charge < -0.3 is 0 Å².